The summed E-state index contributed by atoms with van der Waals surface area (Å²) in [5, 5.41) is 0. The normalized spacial score (nSPS) is 15.9. The van der Waals surface area contributed by atoms with Crippen molar-refractivity contribution in [2.45, 2.75) is 65.2 Å². The fraction of sp³-hybridized carbons (Fsp3) is 0.591. The summed E-state index contributed by atoms with van der Waals surface area (Å²) in [7, 11) is 0. The number of ketones is 1. The minimum Gasteiger partial charge on any atom is -0.303 e. The molecule has 2 rings (SSSR count). The highest BCUT2D eigenvalue weighted by Crippen LogP contribution is 2.17. The molecule has 0 bridgehead atoms. The van der Waals surface area contributed by atoms with Crippen LogP contribution in [0.2, 0.25) is 0 Å². The zero-order valence-electron chi connectivity index (χ0n) is 15.5. The summed E-state index contributed by atoms with van der Waals surface area (Å²) in [6.07, 6.45) is 12.9. The van der Waals surface area contributed by atoms with Crippen LogP contribution < -0.4 is 0 Å². The highest BCUT2D eigenvalue weighted by atomic mass is 16.1. The number of aryl methyl sites for hydroxylation is 2. The maximum atomic E-state index is 12.2. The first-order chi connectivity index (χ1) is 11.7. The molecular weight excluding hydrogens is 294 g/mol. The maximum absolute atomic E-state index is 12.2. The summed E-state index contributed by atoms with van der Waals surface area (Å²) in [5.74, 6) is 0.251. The number of carbonyl (C=O) groups is 1. The number of allylic oxidation sites excluding steroid dienone is 1. The topological polar surface area (TPSA) is 20.3 Å². The molecule has 1 heterocycles. The van der Waals surface area contributed by atoms with Crippen molar-refractivity contribution in [1.29, 1.82) is 0 Å². The molecule has 0 amide bonds. The Hall–Kier alpha value is -1.41. The summed E-state index contributed by atoms with van der Waals surface area (Å²) >= 11 is 0. The van der Waals surface area contributed by atoms with Crippen molar-refractivity contribution in [1.82, 2.24) is 4.90 Å². The molecule has 0 saturated carbocycles. The smallest absolute Gasteiger partial charge is 0.156 e. The first-order valence-corrected chi connectivity index (χ1v) is 9.78. The SMILES string of the molecule is CCCc1ccc(C=CC(=O)CCN2CCCCC2)c(CCC)c1. The Bertz CT molecular complexity index is 541. The molecule has 0 atom stereocenters. The van der Waals surface area contributed by atoms with Gasteiger partial charge >= 0.3 is 0 Å². The number of piperidine rings is 1. The summed E-state index contributed by atoms with van der Waals surface area (Å²) in [4.78, 5) is 14.6. The number of benzene rings is 1. The van der Waals surface area contributed by atoms with Gasteiger partial charge < -0.3 is 4.90 Å². The van der Waals surface area contributed by atoms with Crippen LogP contribution in [0.15, 0.2) is 24.3 Å². The third-order valence-electron chi connectivity index (χ3n) is 4.84. The third-order valence-corrected chi connectivity index (χ3v) is 4.84. The van der Waals surface area contributed by atoms with E-state index in [1.54, 1.807) is 6.08 Å². The Morgan fingerprint density at radius 3 is 2.54 bits per heavy atom. The van der Waals surface area contributed by atoms with E-state index in [9.17, 15) is 4.79 Å². The Labute approximate surface area is 147 Å². The van der Waals surface area contributed by atoms with Crippen molar-refractivity contribution >= 4 is 11.9 Å². The minimum atomic E-state index is 0.251. The number of likely N-dealkylation sites (tertiary alicyclic amines) is 1. The van der Waals surface area contributed by atoms with E-state index < -0.39 is 0 Å². The molecule has 0 N–H and O–H groups in total. The summed E-state index contributed by atoms with van der Waals surface area (Å²) in [6.45, 7) is 7.67. The fourth-order valence-electron chi connectivity index (χ4n) is 3.47. The lowest BCUT2D eigenvalue weighted by Gasteiger charge is -2.25. The average Bonchev–Trinajstić information content (AvgIpc) is 2.61. The molecule has 1 aliphatic heterocycles. The van der Waals surface area contributed by atoms with Gasteiger partial charge in [-0.05, 0) is 61.5 Å². The van der Waals surface area contributed by atoms with Crippen molar-refractivity contribution in [3.05, 3.63) is 41.0 Å². The molecular formula is C22H33NO. The summed E-state index contributed by atoms with van der Waals surface area (Å²) in [5.41, 5.74) is 4.00. The average molecular weight is 328 g/mol. The molecule has 1 saturated heterocycles. The molecule has 0 unspecified atom stereocenters. The zero-order valence-corrected chi connectivity index (χ0v) is 15.5. The maximum Gasteiger partial charge on any atom is 0.156 e. The van der Waals surface area contributed by atoms with Gasteiger partial charge in [0, 0.05) is 13.0 Å². The largest absolute Gasteiger partial charge is 0.303 e. The van der Waals surface area contributed by atoms with Crippen LogP contribution >= 0.6 is 0 Å². The van der Waals surface area contributed by atoms with Crippen molar-refractivity contribution in [3.8, 4) is 0 Å². The van der Waals surface area contributed by atoms with Gasteiger partial charge in [0.15, 0.2) is 5.78 Å². The van der Waals surface area contributed by atoms with Crippen LogP contribution in [0, 0.1) is 0 Å². The monoisotopic (exact) mass is 327 g/mol. The van der Waals surface area contributed by atoms with E-state index in [1.165, 1.54) is 42.4 Å². The van der Waals surface area contributed by atoms with Gasteiger partial charge in [0.05, 0.1) is 0 Å². The number of hydrogen-bond acceptors (Lipinski definition) is 2. The van der Waals surface area contributed by atoms with Crippen LogP contribution in [0.25, 0.3) is 6.08 Å². The van der Waals surface area contributed by atoms with Crippen molar-refractivity contribution in [3.63, 3.8) is 0 Å². The van der Waals surface area contributed by atoms with Gasteiger partial charge in [-0.1, -0.05) is 57.4 Å². The van der Waals surface area contributed by atoms with E-state index in [-0.39, 0.29) is 5.78 Å². The van der Waals surface area contributed by atoms with Gasteiger partial charge in [0.1, 0.15) is 0 Å². The van der Waals surface area contributed by atoms with E-state index in [1.807, 2.05) is 6.08 Å². The molecule has 0 radical (unpaired) electrons. The van der Waals surface area contributed by atoms with Crippen LogP contribution in [0.3, 0.4) is 0 Å². The number of nitrogens with zero attached hydrogens (tertiary/aromatic N) is 1. The lowest BCUT2D eigenvalue weighted by Crippen LogP contribution is -2.31. The Kier molecular flexibility index (Phi) is 8.24. The standard InChI is InChI=1S/C22H33NO/c1-3-8-19-10-11-20(21(18-19)9-4-2)12-13-22(24)14-17-23-15-6-5-7-16-23/h10-13,18H,3-9,14-17H2,1-2H3. The number of carbonyl (C=O) groups excluding carboxylic acids is 1. The van der Waals surface area contributed by atoms with E-state index >= 15 is 0 Å². The zero-order chi connectivity index (χ0) is 17.2. The van der Waals surface area contributed by atoms with Crippen molar-refractivity contribution in [2.75, 3.05) is 19.6 Å². The molecule has 1 fully saturated rings. The van der Waals surface area contributed by atoms with E-state index in [2.05, 4.69) is 36.9 Å². The van der Waals surface area contributed by atoms with Gasteiger partial charge in [-0.3, -0.25) is 4.79 Å². The quantitative estimate of drug-likeness (QED) is 0.592. The Balaban J connectivity index is 1.92. The van der Waals surface area contributed by atoms with Gasteiger partial charge in [-0.15, -0.1) is 0 Å². The molecule has 0 spiro atoms. The lowest BCUT2D eigenvalue weighted by atomic mass is 9.97. The van der Waals surface area contributed by atoms with E-state index in [0.717, 1.165) is 38.9 Å². The van der Waals surface area contributed by atoms with E-state index in [4.69, 9.17) is 0 Å². The Morgan fingerprint density at radius 1 is 1.08 bits per heavy atom. The van der Waals surface area contributed by atoms with E-state index in [0.29, 0.717) is 6.42 Å². The fourth-order valence-corrected chi connectivity index (χ4v) is 3.47. The second-order valence-electron chi connectivity index (χ2n) is 6.99. The summed E-state index contributed by atoms with van der Waals surface area (Å²) in [6, 6.07) is 6.72. The van der Waals surface area contributed by atoms with Crippen molar-refractivity contribution in [2.24, 2.45) is 0 Å². The number of hydrogen-bond donors (Lipinski definition) is 0. The number of rotatable bonds is 9. The minimum absolute atomic E-state index is 0.251. The highest BCUT2D eigenvalue weighted by Gasteiger charge is 2.10. The molecule has 1 aliphatic rings. The molecule has 2 nitrogen and oxygen atoms in total. The van der Waals surface area contributed by atoms with Gasteiger partial charge in [-0.25, -0.2) is 0 Å². The second-order valence-corrected chi connectivity index (χ2v) is 6.99. The van der Waals surface area contributed by atoms with Gasteiger partial charge in [0.2, 0.25) is 0 Å². The third kappa shape index (κ3) is 6.24. The van der Waals surface area contributed by atoms with Crippen LogP contribution in [0.5, 0.6) is 0 Å². The Morgan fingerprint density at radius 2 is 1.83 bits per heavy atom. The molecule has 2 heteroatoms. The molecule has 1 aromatic carbocycles. The summed E-state index contributed by atoms with van der Waals surface area (Å²) < 4.78 is 0. The molecule has 0 aliphatic carbocycles. The first-order valence-electron chi connectivity index (χ1n) is 9.78. The molecule has 24 heavy (non-hydrogen) atoms. The first kappa shape index (κ1) is 18.9. The lowest BCUT2D eigenvalue weighted by molar-refractivity contribution is -0.114. The van der Waals surface area contributed by atoms with Crippen LogP contribution in [-0.4, -0.2) is 30.3 Å². The van der Waals surface area contributed by atoms with Crippen molar-refractivity contribution < 1.29 is 4.79 Å². The molecule has 1 aromatic rings. The molecule has 0 aromatic heterocycles. The van der Waals surface area contributed by atoms with Crippen LogP contribution in [0.4, 0.5) is 0 Å². The van der Waals surface area contributed by atoms with Crippen LogP contribution in [0.1, 0.15) is 69.1 Å². The molecule has 132 valence electrons. The predicted octanol–water partition coefficient (Wildman–Crippen LogP) is 5.05. The van der Waals surface area contributed by atoms with Crippen LogP contribution in [-0.2, 0) is 17.6 Å². The predicted molar refractivity (Wildman–Crippen MR) is 103 cm³/mol. The highest BCUT2D eigenvalue weighted by molar-refractivity contribution is 5.93. The second kappa shape index (κ2) is 10.5. The van der Waals surface area contributed by atoms with Gasteiger partial charge in [-0.2, -0.15) is 0 Å². The van der Waals surface area contributed by atoms with Gasteiger partial charge in [0.25, 0.3) is 0 Å².